The van der Waals surface area contributed by atoms with Crippen LogP contribution in [0.4, 0.5) is 5.69 Å². The van der Waals surface area contributed by atoms with Gasteiger partial charge in [0.25, 0.3) is 0 Å². The second-order valence-electron chi connectivity index (χ2n) is 4.88. The van der Waals surface area contributed by atoms with Gasteiger partial charge in [0.05, 0.1) is 6.54 Å². The van der Waals surface area contributed by atoms with E-state index in [0.29, 0.717) is 12.6 Å². The zero-order chi connectivity index (χ0) is 13.2. The van der Waals surface area contributed by atoms with Gasteiger partial charge < -0.3 is 10.6 Å². The summed E-state index contributed by atoms with van der Waals surface area (Å²) >= 11 is 8.08. The molecule has 0 radical (unpaired) electrons. The zero-order valence-corrected chi connectivity index (χ0v) is 12.3. The van der Waals surface area contributed by atoms with Crippen LogP contribution >= 0.6 is 22.9 Å². The van der Waals surface area contributed by atoms with E-state index in [1.54, 1.807) is 11.3 Å². The van der Waals surface area contributed by atoms with Crippen molar-refractivity contribution in [1.82, 2.24) is 0 Å². The van der Waals surface area contributed by atoms with Gasteiger partial charge in [-0.25, -0.2) is 0 Å². The molecule has 0 unspecified atom stereocenters. The summed E-state index contributed by atoms with van der Waals surface area (Å²) in [6.07, 6.45) is 2.53. The molecule has 1 fully saturated rings. The molecule has 2 N–H and O–H groups in total. The number of nitrogens with two attached hydrogens (primary N) is 1. The number of hydrogen-bond donors (Lipinski definition) is 1. The first-order valence-corrected chi connectivity index (χ1v) is 7.82. The lowest BCUT2D eigenvalue weighted by Crippen LogP contribution is -2.26. The standard InChI is InChI=1S/C15H17ClN2S/c16-14-4-1-5-15(13(14)9-17)18(11-6-7-11)10-12-3-2-8-19-12/h1-5,8,11H,6-7,9-10,17H2. The van der Waals surface area contributed by atoms with Gasteiger partial charge in [0.15, 0.2) is 0 Å². The van der Waals surface area contributed by atoms with E-state index in [9.17, 15) is 0 Å². The van der Waals surface area contributed by atoms with Crippen molar-refractivity contribution in [2.45, 2.75) is 32.0 Å². The number of rotatable bonds is 5. The Kier molecular flexibility index (Phi) is 3.78. The molecule has 1 heterocycles. The lowest BCUT2D eigenvalue weighted by atomic mass is 10.1. The topological polar surface area (TPSA) is 29.3 Å². The molecule has 100 valence electrons. The Morgan fingerprint density at radius 1 is 1.26 bits per heavy atom. The molecule has 1 aliphatic carbocycles. The quantitative estimate of drug-likeness (QED) is 0.901. The summed E-state index contributed by atoms with van der Waals surface area (Å²) < 4.78 is 0. The summed E-state index contributed by atoms with van der Waals surface area (Å²) in [5, 5.41) is 2.90. The fourth-order valence-corrected chi connectivity index (χ4v) is 3.34. The van der Waals surface area contributed by atoms with Crippen molar-refractivity contribution in [3.63, 3.8) is 0 Å². The third kappa shape index (κ3) is 2.78. The Morgan fingerprint density at radius 3 is 2.74 bits per heavy atom. The van der Waals surface area contributed by atoms with Crippen LogP contribution < -0.4 is 10.6 Å². The molecule has 0 bridgehead atoms. The van der Waals surface area contributed by atoms with E-state index in [1.165, 1.54) is 23.4 Å². The Balaban J connectivity index is 1.94. The smallest absolute Gasteiger partial charge is 0.0526 e. The first-order chi connectivity index (χ1) is 9.29. The monoisotopic (exact) mass is 292 g/mol. The molecule has 1 aromatic carbocycles. The lowest BCUT2D eigenvalue weighted by molar-refractivity contribution is 0.794. The molecule has 0 aliphatic heterocycles. The first kappa shape index (κ1) is 13.0. The summed E-state index contributed by atoms with van der Waals surface area (Å²) in [6, 6.07) is 11.0. The van der Waals surface area contributed by atoms with Crippen molar-refractivity contribution in [3.05, 3.63) is 51.2 Å². The minimum absolute atomic E-state index is 0.489. The molecule has 19 heavy (non-hydrogen) atoms. The van der Waals surface area contributed by atoms with Crippen LogP contribution in [-0.2, 0) is 13.1 Å². The molecule has 4 heteroatoms. The highest BCUT2D eigenvalue weighted by atomic mass is 35.5. The van der Waals surface area contributed by atoms with Crippen molar-refractivity contribution >= 4 is 28.6 Å². The molecule has 2 aromatic rings. The molecule has 0 saturated heterocycles. The van der Waals surface area contributed by atoms with E-state index in [1.807, 2.05) is 12.1 Å². The van der Waals surface area contributed by atoms with Crippen LogP contribution in [-0.4, -0.2) is 6.04 Å². The highest BCUT2D eigenvalue weighted by molar-refractivity contribution is 7.09. The number of nitrogens with zero attached hydrogens (tertiary/aromatic N) is 1. The van der Waals surface area contributed by atoms with Crippen molar-refractivity contribution in [3.8, 4) is 0 Å². The Morgan fingerprint density at radius 2 is 2.11 bits per heavy atom. The molecule has 0 amide bonds. The average Bonchev–Trinajstić information content (AvgIpc) is 3.13. The summed E-state index contributed by atoms with van der Waals surface area (Å²) in [7, 11) is 0. The molecule has 0 atom stereocenters. The molecular formula is C15H17ClN2S. The molecule has 1 aromatic heterocycles. The molecular weight excluding hydrogens is 276 g/mol. The number of benzene rings is 1. The maximum absolute atomic E-state index is 6.28. The van der Waals surface area contributed by atoms with Gasteiger partial charge in [0, 0.05) is 33.7 Å². The fourth-order valence-electron chi connectivity index (χ4n) is 2.39. The number of halogens is 1. The maximum atomic E-state index is 6.28. The third-order valence-corrected chi connectivity index (χ3v) is 4.72. The second-order valence-corrected chi connectivity index (χ2v) is 6.32. The zero-order valence-electron chi connectivity index (χ0n) is 10.7. The van der Waals surface area contributed by atoms with Crippen LogP contribution in [0.25, 0.3) is 0 Å². The van der Waals surface area contributed by atoms with Crippen molar-refractivity contribution in [2.24, 2.45) is 5.73 Å². The average molecular weight is 293 g/mol. The van der Waals surface area contributed by atoms with Crippen molar-refractivity contribution in [2.75, 3.05) is 4.90 Å². The summed E-state index contributed by atoms with van der Waals surface area (Å²) in [5.74, 6) is 0. The van der Waals surface area contributed by atoms with Crippen LogP contribution in [0, 0.1) is 0 Å². The summed E-state index contributed by atoms with van der Waals surface area (Å²) in [5.41, 5.74) is 8.14. The van der Waals surface area contributed by atoms with Gasteiger partial charge in [-0.15, -0.1) is 11.3 Å². The first-order valence-electron chi connectivity index (χ1n) is 6.56. The van der Waals surface area contributed by atoms with Crippen LogP contribution in [0.3, 0.4) is 0 Å². The lowest BCUT2D eigenvalue weighted by Gasteiger charge is -2.27. The number of anilines is 1. The van der Waals surface area contributed by atoms with Crippen LogP contribution in [0.5, 0.6) is 0 Å². The molecule has 0 spiro atoms. The van der Waals surface area contributed by atoms with Gasteiger partial charge in [-0.05, 0) is 36.4 Å². The molecule has 3 rings (SSSR count). The molecule has 1 saturated carbocycles. The molecule has 2 nitrogen and oxygen atoms in total. The van der Waals surface area contributed by atoms with Crippen LogP contribution in [0.15, 0.2) is 35.7 Å². The van der Waals surface area contributed by atoms with E-state index in [2.05, 4.69) is 28.5 Å². The van der Waals surface area contributed by atoms with E-state index >= 15 is 0 Å². The fraction of sp³-hybridized carbons (Fsp3) is 0.333. The van der Waals surface area contributed by atoms with E-state index in [-0.39, 0.29) is 0 Å². The third-order valence-electron chi connectivity index (χ3n) is 3.50. The van der Waals surface area contributed by atoms with E-state index in [4.69, 9.17) is 17.3 Å². The van der Waals surface area contributed by atoms with Gasteiger partial charge in [-0.2, -0.15) is 0 Å². The maximum Gasteiger partial charge on any atom is 0.0526 e. The van der Waals surface area contributed by atoms with Gasteiger partial charge in [-0.3, -0.25) is 0 Å². The largest absolute Gasteiger partial charge is 0.363 e. The number of thiophene rings is 1. The predicted molar refractivity (Wildman–Crippen MR) is 82.9 cm³/mol. The highest BCUT2D eigenvalue weighted by Gasteiger charge is 2.30. The SMILES string of the molecule is NCc1c(Cl)cccc1N(Cc1cccs1)C1CC1. The normalized spacial score (nSPS) is 14.6. The Bertz CT molecular complexity index is 549. The van der Waals surface area contributed by atoms with Gasteiger partial charge in [0.1, 0.15) is 0 Å². The summed E-state index contributed by atoms with van der Waals surface area (Å²) in [4.78, 5) is 3.84. The van der Waals surface area contributed by atoms with Gasteiger partial charge in [-0.1, -0.05) is 23.7 Å². The minimum atomic E-state index is 0.489. The van der Waals surface area contributed by atoms with Crippen molar-refractivity contribution in [1.29, 1.82) is 0 Å². The Hall–Kier alpha value is -1.03. The predicted octanol–water partition coefficient (Wildman–Crippen LogP) is 4.03. The van der Waals surface area contributed by atoms with Crippen molar-refractivity contribution < 1.29 is 0 Å². The minimum Gasteiger partial charge on any atom is -0.363 e. The van der Waals surface area contributed by atoms with Gasteiger partial charge in [0.2, 0.25) is 0 Å². The molecule has 1 aliphatic rings. The van der Waals surface area contributed by atoms with E-state index in [0.717, 1.165) is 17.1 Å². The summed E-state index contributed by atoms with van der Waals surface area (Å²) in [6.45, 7) is 1.44. The van der Waals surface area contributed by atoms with Crippen LogP contribution in [0.2, 0.25) is 5.02 Å². The second kappa shape index (κ2) is 5.53. The van der Waals surface area contributed by atoms with E-state index < -0.39 is 0 Å². The highest BCUT2D eigenvalue weighted by Crippen LogP contribution is 2.37. The van der Waals surface area contributed by atoms with Crippen LogP contribution in [0.1, 0.15) is 23.3 Å². The Labute approximate surface area is 122 Å². The van der Waals surface area contributed by atoms with Gasteiger partial charge >= 0.3 is 0 Å². The number of hydrogen-bond acceptors (Lipinski definition) is 3.